The first kappa shape index (κ1) is 9.08. The second-order valence-corrected chi connectivity index (χ2v) is 3.69. The van der Waals surface area contributed by atoms with Crippen molar-refractivity contribution >= 4 is 11.9 Å². The molecule has 2 aromatic heterocycles. The highest BCUT2D eigenvalue weighted by Crippen LogP contribution is 2.23. The molecule has 3 N–H and O–H groups in total. The summed E-state index contributed by atoms with van der Waals surface area (Å²) in [6, 6.07) is 0.497. The zero-order valence-electron chi connectivity index (χ0n) is 8.54. The van der Waals surface area contributed by atoms with Gasteiger partial charge in [-0.2, -0.15) is 9.67 Å². The molecule has 0 atom stereocenters. The van der Waals surface area contributed by atoms with Crippen LogP contribution in [0.4, 0.5) is 11.9 Å². The van der Waals surface area contributed by atoms with Gasteiger partial charge < -0.3 is 11.1 Å². The zero-order valence-corrected chi connectivity index (χ0v) is 8.54. The summed E-state index contributed by atoms with van der Waals surface area (Å²) in [5.41, 5.74) is 5.75. The van der Waals surface area contributed by atoms with E-state index in [1.807, 2.05) is 0 Å². The molecule has 0 aromatic carbocycles. The molecule has 16 heavy (non-hydrogen) atoms. The van der Waals surface area contributed by atoms with Crippen LogP contribution in [0.5, 0.6) is 0 Å². The Bertz CT molecular complexity index is 488. The topological polar surface area (TPSA) is 94.5 Å². The number of hydrogen-bond acceptors (Lipinski definition) is 6. The molecule has 0 saturated heterocycles. The molecule has 1 aliphatic carbocycles. The molecular formula is C9H11N7. The minimum Gasteiger partial charge on any atom is -0.368 e. The maximum atomic E-state index is 5.75. The molecule has 0 aliphatic heterocycles. The van der Waals surface area contributed by atoms with Crippen LogP contribution in [0.2, 0.25) is 0 Å². The maximum Gasteiger partial charge on any atom is 0.244 e. The van der Waals surface area contributed by atoms with E-state index in [0.29, 0.717) is 23.8 Å². The van der Waals surface area contributed by atoms with Gasteiger partial charge in [-0.25, -0.2) is 4.98 Å². The normalized spacial score (nSPS) is 15.0. The molecule has 3 rings (SSSR count). The molecule has 0 bridgehead atoms. The SMILES string of the molecule is Nc1nc(NC2CC2)nn1-c1cnccn1. The van der Waals surface area contributed by atoms with Crippen molar-refractivity contribution < 1.29 is 0 Å². The number of hydrogen-bond donors (Lipinski definition) is 2. The van der Waals surface area contributed by atoms with Crippen LogP contribution in [0.15, 0.2) is 18.6 Å². The van der Waals surface area contributed by atoms with Crippen molar-refractivity contribution in [2.24, 2.45) is 0 Å². The zero-order chi connectivity index (χ0) is 11.0. The lowest BCUT2D eigenvalue weighted by atomic mass is 10.6. The molecule has 0 spiro atoms. The lowest BCUT2D eigenvalue weighted by molar-refractivity contribution is 0.845. The lowest BCUT2D eigenvalue weighted by Gasteiger charge is -1.98. The first-order chi connectivity index (χ1) is 7.83. The van der Waals surface area contributed by atoms with Gasteiger partial charge in [0.05, 0.1) is 6.20 Å². The van der Waals surface area contributed by atoms with Gasteiger partial charge in [0.15, 0.2) is 5.82 Å². The molecule has 7 nitrogen and oxygen atoms in total. The Hall–Kier alpha value is -2.18. The Morgan fingerprint density at radius 3 is 2.94 bits per heavy atom. The van der Waals surface area contributed by atoms with Gasteiger partial charge in [0.1, 0.15) is 0 Å². The van der Waals surface area contributed by atoms with Crippen molar-refractivity contribution in [3.05, 3.63) is 18.6 Å². The summed E-state index contributed by atoms with van der Waals surface area (Å²) >= 11 is 0. The predicted octanol–water partition coefficient (Wildman–Crippen LogP) is 0.214. The van der Waals surface area contributed by atoms with Gasteiger partial charge >= 0.3 is 0 Å². The first-order valence-corrected chi connectivity index (χ1v) is 5.08. The van der Waals surface area contributed by atoms with Crippen LogP contribution in [0.3, 0.4) is 0 Å². The molecule has 2 heterocycles. The van der Waals surface area contributed by atoms with E-state index in [1.54, 1.807) is 18.6 Å². The van der Waals surface area contributed by atoms with Gasteiger partial charge in [0.2, 0.25) is 11.9 Å². The molecular weight excluding hydrogens is 206 g/mol. The number of nitrogen functional groups attached to an aromatic ring is 1. The average Bonchev–Trinajstić information content (AvgIpc) is 3.03. The van der Waals surface area contributed by atoms with Crippen molar-refractivity contribution in [1.82, 2.24) is 24.7 Å². The van der Waals surface area contributed by atoms with Crippen LogP contribution >= 0.6 is 0 Å². The van der Waals surface area contributed by atoms with E-state index in [1.165, 1.54) is 17.5 Å². The Kier molecular flexibility index (Phi) is 1.95. The second-order valence-electron chi connectivity index (χ2n) is 3.69. The number of nitrogens with zero attached hydrogens (tertiary/aromatic N) is 5. The second kappa shape index (κ2) is 3.44. The number of nitrogens with two attached hydrogens (primary N) is 1. The van der Waals surface area contributed by atoms with Crippen molar-refractivity contribution in [2.75, 3.05) is 11.1 Å². The summed E-state index contributed by atoms with van der Waals surface area (Å²) in [7, 11) is 0. The molecule has 0 unspecified atom stereocenters. The number of nitrogens with one attached hydrogen (secondary N) is 1. The fourth-order valence-corrected chi connectivity index (χ4v) is 1.36. The largest absolute Gasteiger partial charge is 0.368 e. The molecule has 0 radical (unpaired) electrons. The van der Waals surface area contributed by atoms with Crippen LogP contribution in [0, 0.1) is 0 Å². The van der Waals surface area contributed by atoms with Crippen molar-refractivity contribution in [1.29, 1.82) is 0 Å². The molecule has 0 amide bonds. The van der Waals surface area contributed by atoms with Gasteiger partial charge in [0, 0.05) is 18.4 Å². The van der Waals surface area contributed by atoms with Crippen LogP contribution in [0.1, 0.15) is 12.8 Å². The molecule has 1 aliphatic rings. The van der Waals surface area contributed by atoms with E-state index < -0.39 is 0 Å². The van der Waals surface area contributed by atoms with Crippen LogP contribution in [0.25, 0.3) is 5.82 Å². The molecule has 82 valence electrons. The number of aromatic nitrogens is 5. The molecule has 1 saturated carbocycles. The van der Waals surface area contributed by atoms with E-state index in [4.69, 9.17) is 5.73 Å². The van der Waals surface area contributed by atoms with Crippen molar-refractivity contribution in [3.63, 3.8) is 0 Å². The van der Waals surface area contributed by atoms with Crippen molar-refractivity contribution in [2.45, 2.75) is 18.9 Å². The predicted molar refractivity (Wildman–Crippen MR) is 58.0 cm³/mol. The number of rotatable bonds is 3. The Labute approximate surface area is 91.7 Å². The van der Waals surface area contributed by atoms with E-state index in [0.717, 1.165) is 0 Å². The molecule has 7 heteroatoms. The minimum atomic E-state index is 0.309. The van der Waals surface area contributed by atoms with E-state index in [9.17, 15) is 0 Å². The minimum absolute atomic E-state index is 0.309. The van der Waals surface area contributed by atoms with Crippen LogP contribution in [-0.2, 0) is 0 Å². The highest BCUT2D eigenvalue weighted by atomic mass is 15.4. The fraction of sp³-hybridized carbons (Fsp3) is 0.333. The smallest absolute Gasteiger partial charge is 0.244 e. The monoisotopic (exact) mass is 217 g/mol. The van der Waals surface area contributed by atoms with Crippen molar-refractivity contribution in [3.8, 4) is 5.82 Å². The summed E-state index contributed by atoms with van der Waals surface area (Å²) < 4.78 is 1.47. The average molecular weight is 217 g/mol. The standard InChI is InChI=1S/C9H11N7/c10-8-14-9(13-6-1-2-6)15-16(8)7-5-11-3-4-12-7/h3-6H,1-2H2,(H3,10,13,14,15). The highest BCUT2D eigenvalue weighted by molar-refractivity contribution is 5.38. The van der Waals surface area contributed by atoms with E-state index in [2.05, 4.69) is 25.4 Å². The lowest BCUT2D eigenvalue weighted by Crippen LogP contribution is -2.05. The van der Waals surface area contributed by atoms with Gasteiger partial charge in [-0.05, 0) is 12.8 Å². The van der Waals surface area contributed by atoms with Gasteiger partial charge in [-0.1, -0.05) is 0 Å². The summed E-state index contributed by atoms with van der Waals surface area (Å²) in [6.07, 6.45) is 7.11. The van der Waals surface area contributed by atoms with Gasteiger partial charge in [-0.15, -0.1) is 5.10 Å². The van der Waals surface area contributed by atoms with E-state index >= 15 is 0 Å². The summed E-state index contributed by atoms with van der Waals surface area (Å²) in [5, 5.41) is 7.40. The summed E-state index contributed by atoms with van der Waals surface area (Å²) in [4.78, 5) is 12.2. The quantitative estimate of drug-likeness (QED) is 0.763. The van der Waals surface area contributed by atoms with Gasteiger partial charge in [0.25, 0.3) is 0 Å². The van der Waals surface area contributed by atoms with Crippen LogP contribution < -0.4 is 11.1 Å². The Balaban J connectivity index is 1.91. The maximum absolute atomic E-state index is 5.75. The molecule has 1 fully saturated rings. The summed E-state index contributed by atoms with van der Waals surface area (Å²) in [6.45, 7) is 0. The molecule has 2 aromatic rings. The first-order valence-electron chi connectivity index (χ1n) is 5.08. The fourth-order valence-electron chi connectivity index (χ4n) is 1.36. The van der Waals surface area contributed by atoms with Gasteiger partial charge in [-0.3, -0.25) is 4.98 Å². The third-order valence-electron chi connectivity index (χ3n) is 2.31. The van der Waals surface area contributed by atoms with Crippen LogP contribution in [-0.4, -0.2) is 30.8 Å². The van der Waals surface area contributed by atoms with E-state index in [-0.39, 0.29) is 0 Å². The highest BCUT2D eigenvalue weighted by Gasteiger charge is 2.23. The third kappa shape index (κ3) is 1.67. The third-order valence-corrected chi connectivity index (χ3v) is 2.31. The Morgan fingerprint density at radius 1 is 1.38 bits per heavy atom. The summed E-state index contributed by atoms with van der Waals surface area (Å²) in [5.74, 6) is 1.42. The Morgan fingerprint density at radius 2 is 2.25 bits per heavy atom. The number of anilines is 2.